The van der Waals surface area contributed by atoms with Crippen molar-refractivity contribution in [2.75, 3.05) is 18.5 Å². The van der Waals surface area contributed by atoms with Crippen molar-refractivity contribution in [1.29, 1.82) is 0 Å². The summed E-state index contributed by atoms with van der Waals surface area (Å²) in [4.78, 5) is 33.8. The summed E-state index contributed by atoms with van der Waals surface area (Å²) in [5.74, 6) is -0.198. The van der Waals surface area contributed by atoms with Crippen LogP contribution in [-0.4, -0.2) is 39.7 Å². The number of anilines is 2. The molecule has 0 bridgehead atoms. The Morgan fingerprint density at radius 1 is 1.05 bits per heavy atom. The molecule has 3 heterocycles. The summed E-state index contributed by atoms with van der Waals surface area (Å²) in [6.07, 6.45) is 2.94. The van der Waals surface area contributed by atoms with Gasteiger partial charge in [-0.05, 0) is 55.7 Å². The molecular formula is C29H28FN5O4. The second kappa shape index (κ2) is 11.9. The molecule has 2 aromatic carbocycles. The molecule has 0 unspecified atom stereocenters. The van der Waals surface area contributed by atoms with Gasteiger partial charge in [0.1, 0.15) is 11.3 Å². The van der Waals surface area contributed by atoms with Gasteiger partial charge in [0.25, 0.3) is 11.5 Å². The molecule has 1 fully saturated rings. The van der Waals surface area contributed by atoms with Crippen LogP contribution in [0.3, 0.4) is 0 Å². The Labute approximate surface area is 224 Å². The Kier molecular flexibility index (Phi) is 7.93. The minimum atomic E-state index is -0.631. The van der Waals surface area contributed by atoms with E-state index < -0.39 is 17.4 Å². The zero-order valence-electron chi connectivity index (χ0n) is 21.4. The molecule has 0 atom stereocenters. The van der Waals surface area contributed by atoms with E-state index in [0.29, 0.717) is 44.0 Å². The van der Waals surface area contributed by atoms with Crippen LogP contribution in [0.25, 0.3) is 0 Å². The minimum Gasteiger partial charge on any atom is -0.439 e. The first-order valence-corrected chi connectivity index (χ1v) is 12.7. The van der Waals surface area contributed by atoms with Gasteiger partial charge in [-0.15, -0.1) is 0 Å². The van der Waals surface area contributed by atoms with Gasteiger partial charge in [-0.3, -0.25) is 9.59 Å². The highest BCUT2D eigenvalue weighted by Gasteiger charge is 2.21. The number of ether oxygens (including phenoxy) is 2. The van der Waals surface area contributed by atoms with E-state index in [1.807, 2.05) is 31.2 Å². The molecule has 0 saturated carbocycles. The van der Waals surface area contributed by atoms with Crippen LogP contribution < -0.4 is 20.9 Å². The first kappa shape index (κ1) is 26.1. The number of carbonyl (C=O) groups excluding carboxylic acids is 1. The van der Waals surface area contributed by atoms with Crippen molar-refractivity contribution < 1.29 is 18.7 Å². The van der Waals surface area contributed by atoms with Gasteiger partial charge in [0.05, 0.1) is 6.54 Å². The lowest BCUT2D eigenvalue weighted by atomic mass is 10.1. The number of aromatic nitrogens is 3. The minimum absolute atomic E-state index is 0.0227. The molecule has 2 aromatic heterocycles. The average Bonchev–Trinajstić information content (AvgIpc) is 2.93. The maximum Gasteiger partial charge on any atom is 0.287 e. The van der Waals surface area contributed by atoms with Crippen molar-refractivity contribution in [2.24, 2.45) is 0 Å². The van der Waals surface area contributed by atoms with Gasteiger partial charge < -0.3 is 24.7 Å². The van der Waals surface area contributed by atoms with Crippen LogP contribution in [-0.2, 0) is 11.3 Å². The van der Waals surface area contributed by atoms with Gasteiger partial charge in [0.15, 0.2) is 0 Å². The van der Waals surface area contributed by atoms with E-state index in [-0.39, 0.29) is 23.4 Å². The molecule has 1 aliphatic heterocycles. The van der Waals surface area contributed by atoms with Crippen molar-refractivity contribution in [2.45, 2.75) is 32.4 Å². The van der Waals surface area contributed by atoms with E-state index >= 15 is 0 Å². The third kappa shape index (κ3) is 6.85. The Balaban J connectivity index is 1.39. The van der Waals surface area contributed by atoms with Crippen LogP contribution in [0.2, 0.25) is 0 Å². The largest absolute Gasteiger partial charge is 0.439 e. The summed E-state index contributed by atoms with van der Waals surface area (Å²) in [5, 5.41) is 6.10. The molecule has 9 nitrogen and oxygen atoms in total. The molecule has 1 amide bonds. The average molecular weight is 530 g/mol. The van der Waals surface area contributed by atoms with E-state index in [0.717, 1.165) is 11.1 Å². The van der Waals surface area contributed by atoms with E-state index in [4.69, 9.17) is 9.47 Å². The lowest BCUT2D eigenvalue weighted by molar-refractivity contribution is 0.0695. The van der Waals surface area contributed by atoms with Crippen molar-refractivity contribution in [1.82, 2.24) is 19.9 Å². The number of benzene rings is 2. The number of rotatable bonds is 8. The van der Waals surface area contributed by atoms with Crippen LogP contribution in [0.15, 0.2) is 77.7 Å². The van der Waals surface area contributed by atoms with E-state index in [2.05, 4.69) is 20.6 Å². The van der Waals surface area contributed by atoms with E-state index in [1.54, 1.807) is 41.1 Å². The molecule has 5 rings (SSSR count). The molecule has 1 saturated heterocycles. The number of nitrogens with zero attached hydrogens (tertiary/aromatic N) is 3. The first-order valence-electron chi connectivity index (χ1n) is 12.7. The highest BCUT2D eigenvalue weighted by atomic mass is 19.1. The number of aryl methyl sites for hydroxylation is 1. The fourth-order valence-electron chi connectivity index (χ4n) is 4.17. The zero-order chi connectivity index (χ0) is 27.2. The first-order chi connectivity index (χ1) is 18.9. The van der Waals surface area contributed by atoms with Gasteiger partial charge in [-0.1, -0.05) is 35.9 Å². The predicted molar refractivity (Wildman–Crippen MR) is 144 cm³/mol. The van der Waals surface area contributed by atoms with E-state index in [1.165, 1.54) is 12.1 Å². The second-order valence-corrected chi connectivity index (χ2v) is 9.31. The number of pyridine rings is 1. The SMILES string of the molecule is Cc1ccc(Cn2cc(C(=O)NC3CCOCC3)c(=O)nc2Nc2ccc(Oc3cccc(F)n3)cc2)cc1. The fraction of sp³-hybridized carbons (Fsp3) is 0.241. The molecule has 0 spiro atoms. The van der Waals surface area contributed by atoms with Crippen LogP contribution in [0.5, 0.6) is 11.6 Å². The van der Waals surface area contributed by atoms with Gasteiger partial charge in [0, 0.05) is 37.2 Å². The van der Waals surface area contributed by atoms with Gasteiger partial charge in [-0.25, -0.2) is 0 Å². The van der Waals surface area contributed by atoms with Gasteiger partial charge >= 0.3 is 0 Å². The molecule has 0 radical (unpaired) electrons. The van der Waals surface area contributed by atoms with Crippen molar-refractivity contribution >= 4 is 17.5 Å². The maximum absolute atomic E-state index is 13.4. The monoisotopic (exact) mass is 529 g/mol. The lowest BCUT2D eigenvalue weighted by Gasteiger charge is -2.23. The molecule has 2 N–H and O–H groups in total. The summed E-state index contributed by atoms with van der Waals surface area (Å²) in [7, 11) is 0. The summed E-state index contributed by atoms with van der Waals surface area (Å²) in [5.41, 5.74) is 2.10. The summed E-state index contributed by atoms with van der Waals surface area (Å²) in [6.45, 7) is 3.55. The molecule has 4 aromatic rings. The summed E-state index contributed by atoms with van der Waals surface area (Å²) < 4.78 is 26.0. The standard InChI is InChI=1S/C29H28FN5O4/c1-19-5-7-20(8-6-19)17-35-18-24(27(36)31-22-13-15-38-16-14-22)28(37)34-29(35)32-21-9-11-23(12-10-21)39-26-4-2-3-25(30)33-26/h2-12,18,22H,13-17H2,1H3,(H,31,36)(H,32,34,37). The summed E-state index contributed by atoms with van der Waals surface area (Å²) >= 11 is 0. The molecule has 1 aliphatic rings. The third-order valence-electron chi connectivity index (χ3n) is 6.29. The molecule has 0 aliphatic carbocycles. The Morgan fingerprint density at radius 2 is 1.79 bits per heavy atom. The second-order valence-electron chi connectivity index (χ2n) is 9.31. The topological polar surface area (TPSA) is 107 Å². The highest BCUT2D eigenvalue weighted by Crippen LogP contribution is 2.23. The van der Waals surface area contributed by atoms with Gasteiger partial charge in [-0.2, -0.15) is 14.4 Å². The van der Waals surface area contributed by atoms with E-state index in [9.17, 15) is 14.0 Å². The highest BCUT2D eigenvalue weighted by molar-refractivity contribution is 5.93. The third-order valence-corrected chi connectivity index (χ3v) is 6.29. The lowest BCUT2D eigenvalue weighted by Crippen LogP contribution is -2.41. The Morgan fingerprint density at radius 3 is 2.51 bits per heavy atom. The number of nitrogens with one attached hydrogen (secondary N) is 2. The molecular weight excluding hydrogens is 501 g/mol. The molecule has 39 heavy (non-hydrogen) atoms. The fourth-order valence-corrected chi connectivity index (χ4v) is 4.17. The Bertz CT molecular complexity index is 1500. The van der Waals surface area contributed by atoms with Crippen LogP contribution in [0.1, 0.15) is 34.3 Å². The number of halogens is 1. The van der Waals surface area contributed by atoms with Crippen LogP contribution in [0, 0.1) is 12.9 Å². The van der Waals surface area contributed by atoms with Crippen molar-refractivity contribution in [3.05, 3.63) is 106 Å². The molecule has 10 heteroatoms. The maximum atomic E-state index is 13.4. The van der Waals surface area contributed by atoms with Crippen LogP contribution >= 0.6 is 0 Å². The van der Waals surface area contributed by atoms with Crippen molar-refractivity contribution in [3.8, 4) is 11.6 Å². The van der Waals surface area contributed by atoms with Crippen LogP contribution in [0.4, 0.5) is 16.0 Å². The zero-order valence-corrected chi connectivity index (χ0v) is 21.4. The number of hydrogen-bond donors (Lipinski definition) is 2. The smallest absolute Gasteiger partial charge is 0.287 e. The number of hydrogen-bond acceptors (Lipinski definition) is 7. The predicted octanol–water partition coefficient (Wildman–Crippen LogP) is 4.58. The normalized spacial score (nSPS) is 13.6. The van der Waals surface area contributed by atoms with Crippen molar-refractivity contribution in [3.63, 3.8) is 0 Å². The number of carbonyl (C=O) groups is 1. The number of amides is 1. The molecule has 200 valence electrons. The summed E-state index contributed by atoms with van der Waals surface area (Å²) in [6, 6.07) is 19.1. The quantitative estimate of drug-likeness (QED) is 0.322. The van der Waals surface area contributed by atoms with Gasteiger partial charge in [0.2, 0.25) is 17.8 Å². The Hall–Kier alpha value is -4.57.